The minimum Gasteiger partial charge on any atom is -0.375 e. The van der Waals surface area contributed by atoms with Gasteiger partial charge in [0.05, 0.1) is 16.2 Å². The summed E-state index contributed by atoms with van der Waals surface area (Å²) >= 11 is 6.21. The summed E-state index contributed by atoms with van der Waals surface area (Å²) in [7, 11) is 1.67. The van der Waals surface area contributed by atoms with E-state index in [1.54, 1.807) is 19.2 Å². The first kappa shape index (κ1) is 15.1. The molecule has 2 heterocycles. The quantitative estimate of drug-likeness (QED) is 0.780. The van der Waals surface area contributed by atoms with Gasteiger partial charge in [-0.2, -0.15) is 0 Å². The van der Waals surface area contributed by atoms with E-state index in [4.69, 9.17) is 11.6 Å². The van der Waals surface area contributed by atoms with Crippen molar-refractivity contribution >= 4 is 34.1 Å². The lowest BCUT2D eigenvalue weighted by molar-refractivity contribution is -0.135. The van der Waals surface area contributed by atoms with Gasteiger partial charge in [0.2, 0.25) is 0 Å². The molecule has 5 heteroatoms. The standard InChI is InChI=1S/C19H15ClN2O2/c1-22-16-8-3-2-6-14(16)19(24,18(22)23)11-13-10-9-12-5-4-7-15(20)17(12)21-13/h2-10,24H,11H2,1H3. The zero-order valence-corrected chi connectivity index (χ0v) is 13.8. The predicted octanol–water partition coefficient (Wildman–Crippen LogP) is 3.29. The van der Waals surface area contributed by atoms with Crippen molar-refractivity contribution in [2.45, 2.75) is 12.0 Å². The first-order valence-corrected chi connectivity index (χ1v) is 8.03. The number of aromatic nitrogens is 1. The summed E-state index contributed by atoms with van der Waals surface area (Å²) in [6.07, 6.45) is 0.106. The molecule has 0 radical (unpaired) electrons. The molecular weight excluding hydrogens is 324 g/mol. The number of hydrogen-bond donors (Lipinski definition) is 1. The van der Waals surface area contributed by atoms with Gasteiger partial charge in [-0.05, 0) is 18.2 Å². The van der Waals surface area contributed by atoms with E-state index >= 15 is 0 Å². The number of nitrogens with zero attached hydrogens (tertiary/aromatic N) is 2. The molecule has 3 aromatic rings. The van der Waals surface area contributed by atoms with Gasteiger partial charge in [0.15, 0.2) is 5.60 Å². The molecule has 0 aliphatic carbocycles. The summed E-state index contributed by atoms with van der Waals surface area (Å²) in [5.41, 5.74) is 1.03. The van der Waals surface area contributed by atoms with Crippen molar-refractivity contribution in [3.63, 3.8) is 0 Å². The Balaban J connectivity index is 1.80. The molecule has 24 heavy (non-hydrogen) atoms. The zero-order chi connectivity index (χ0) is 16.9. The van der Waals surface area contributed by atoms with Gasteiger partial charge in [-0.1, -0.05) is 48.0 Å². The summed E-state index contributed by atoms with van der Waals surface area (Å²) in [5.74, 6) is -0.343. The number of para-hydroxylation sites is 2. The van der Waals surface area contributed by atoms with Crippen molar-refractivity contribution in [1.29, 1.82) is 0 Å². The number of halogens is 1. The molecule has 0 bridgehead atoms. The van der Waals surface area contributed by atoms with Crippen LogP contribution in [-0.4, -0.2) is 23.0 Å². The number of anilines is 1. The van der Waals surface area contributed by atoms with Crippen molar-refractivity contribution in [2.75, 3.05) is 11.9 Å². The van der Waals surface area contributed by atoms with Crippen LogP contribution in [0.2, 0.25) is 5.02 Å². The maximum Gasteiger partial charge on any atom is 0.263 e. The van der Waals surface area contributed by atoms with E-state index in [0.29, 0.717) is 21.8 Å². The third-order valence-electron chi connectivity index (χ3n) is 4.54. The van der Waals surface area contributed by atoms with Gasteiger partial charge in [0.25, 0.3) is 5.91 Å². The number of hydrogen-bond acceptors (Lipinski definition) is 3. The lowest BCUT2D eigenvalue weighted by Gasteiger charge is -2.21. The van der Waals surface area contributed by atoms with E-state index in [9.17, 15) is 9.90 Å². The molecular formula is C19H15ClN2O2. The zero-order valence-electron chi connectivity index (χ0n) is 13.0. The van der Waals surface area contributed by atoms with Gasteiger partial charge >= 0.3 is 0 Å². The molecule has 1 atom stereocenters. The lowest BCUT2D eigenvalue weighted by atomic mass is 9.90. The molecule has 4 rings (SSSR count). The highest BCUT2D eigenvalue weighted by Gasteiger charge is 2.48. The SMILES string of the molecule is CN1C(=O)C(O)(Cc2ccc3cccc(Cl)c3n2)c2ccccc21. The molecule has 4 nitrogen and oxygen atoms in total. The molecule has 120 valence electrons. The van der Waals surface area contributed by atoms with Crippen LogP contribution in [0.3, 0.4) is 0 Å². The van der Waals surface area contributed by atoms with Crippen molar-refractivity contribution in [2.24, 2.45) is 0 Å². The Kier molecular flexibility index (Phi) is 3.34. The molecule has 2 aromatic carbocycles. The molecule has 0 saturated carbocycles. The van der Waals surface area contributed by atoms with E-state index < -0.39 is 5.60 Å². The van der Waals surface area contributed by atoms with Crippen LogP contribution in [0.25, 0.3) is 10.9 Å². The fourth-order valence-electron chi connectivity index (χ4n) is 3.30. The van der Waals surface area contributed by atoms with E-state index in [1.165, 1.54) is 4.90 Å². The number of aliphatic hydroxyl groups is 1. The fourth-order valence-corrected chi connectivity index (χ4v) is 3.52. The minimum atomic E-state index is -1.60. The number of carbonyl (C=O) groups excluding carboxylic acids is 1. The lowest BCUT2D eigenvalue weighted by Crippen LogP contribution is -2.40. The number of benzene rings is 2. The maximum atomic E-state index is 12.6. The second-order valence-electron chi connectivity index (χ2n) is 6.03. The number of fused-ring (bicyclic) bond motifs is 2. The predicted molar refractivity (Wildman–Crippen MR) is 94.2 cm³/mol. The molecule has 1 aliphatic heterocycles. The van der Waals surface area contributed by atoms with Crippen molar-refractivity contribution in [1.82, 2.24) is 4.98 Å². The third-order valence-corrected chi connectivity index (χ3v) is 4.84. The number of likely N-dealkylation sites (N-methyl/N-ethyl adjacent to an activating group) is 1. The second-order valence-corrected chi connectivity index (χ2v) is 6.44. The average molecular weight is 339 g/mol. The molecule has 0 saturated heterocycles. The molecule has 0 fully saturated rings. The van der Waals surface area contributed by atoms with Gasteiger partial charge < -0.3 is 10.0 Å². The van der Waals surface area contributed by atoms with E-state index in [1.807, 2.05) is 42.5 Å². The second kappa shape index (κ2) is 5.30. The van der Waals surface area contributed by atoms with Gasteiger partial charge in [-0.3, -0.25) is 9.78 Å². The molecule has 1 aromatic heterocycles. The monoisotopic (exact) mass is 338 g/mol. The number of carbonyl (C=O) groups is 1. The largest absolute Gasteiger partial charge is 0.375 e. The van der Waals surface area contributed by atoms with E-state index in [-0.39, 0.29) is 12.3 Å². The van der Waals surface area contributed by atoms with Crippen molar-refractivity contribution in [3.8, 4) is 0 Å². The summed E-state index contributed by atoms with van der Waals surface area (Å²) in [6, 6.07) is 16.6. The highest BCUT2D eigenvalue weighted by molar-refractivity contribution is 6.35. The Labute approximate surface area is 144 Å². The van der Waals surface area contributed by atoms with Crippen LogP contribution in [0.15, 0.2) is 54.6 Å². The van der Waals surface area contributed by atoms with E-state index in [0.717, 1.165) is 11.1 Å². The van der Waals surface area contributed by atoms with Crippen LogP contribution < -0.4 is 4.90 Å². The van der Waals surface area contributed by atoms with Crippen LogP contribution in [-0.2, 0) is 16.8 Å². The van der Waals surface area contributed by atoms with Gasteiger partial charge in [0, 0.05) is 30.1 Å². The van der Waals surface area contributed by atoms with Crippen LogP contribution in [0.5, 0.6) is 0 Å². The third kappa shape index (κ3) is 2.11. The smallest absolute Gasteiger partial charge is 0.263 e. The highest BCUT2D eigenvalue weighted by Crippen LogP contribution is 2.41. The van der Waals surface area contributed by atoms with Crippen LogP contribution in [0.4, 0.5) is 5.69 Å². The van der Waals surface area contributed by atoms with Gasteiger partial charge in [-0.25, -0.2) is 0 Å². The Hall–Kier alpha value is -2.43. The van der Waals surface area contributed by atoms with Crippen LogP contribution >= 0.6 is 11.6 Å². The number of amides is 1. The summed E-state index contributed by atoms with van der Waals surface area (Å²) < 4.78 is 0. The highest BCUT2D eigenvalue weighted by atomic mass is 35.5. The molecule has 0 spiro atoms. The normalized spacial score (nSPS) is 19.8. The minimum absolute atomic E-state index is 0.106. The molecule has 1 aliphatic rings. The molecule has 1 amide bonds. The van der Waals surface area contributed by atoms with Gasteiger partial charge in [-0.15, -0.1) is 0 Å². The number of pyridine rings is 1. The maximum absolute atomic E-state index is 12.6. The Morgan fingerprint density at radius 1 is 1.12 bits per heavy atom. The Morgan fingerprint density at radius 3 is 2.75 bits per heavy atom. The Morgan fingerprint density at radius 2 is 1.92 bits per heavy atom. The summed E-state index contributed by atoms with van der Waals surface area (Å²) in [5, 5.41) is 12.6. The van der Waals surface area contributed by atoms with Crippen molar-refractivity contribution < 1.29 is 9.90 Å². The summed E-state index contributed by atoms with van der Waals surface area (Å²) in [6.45, 7) is 0. The van der Waals surface area contributed by atoms with Crippen LogP contribution in [0.1, 0.15) is 11.3 Å². The number of rotatable bonds is 2. The van der Waals surface area contributed by atoms with Crippen molar-refractivity contribution in [3.05, 3.63) is 70.9 Å². The average Bonchev–Trinajstić information content (AvgIpc) is 2.78. The first-order chi connectivity index (χ1) is 11.5. The molecule has 1 unspecified atom stereocenters. The first-order valence-electron chi connectivity index (χ1n) is 7.65. The fraction of sp³-hybridized carbons (Fsp3) is 0.158. The van der Waals surface area contributed by atoms with E-state index in [2.05, 4.69) is 4.98 Å². The molecule has 1 N–H and O–H groups in total. The summed E-state index contributed by atoms with van der Waals surface area (Å²) in [4.78, 5) is 18.7. The van der Waals surface area contributed by atoms with Gasteiger partial charge in [0.1, 0.15) is 0 Å². The topological polar surface area (TPSA) is 53.4 Å². The van der Waals surface area contributed by atoms with Crippen LogP contribution in [0, 0.1) is 0 Å². The Bertz CT molecular complexity index is 972.